The molecule has 0 saturated carbocycles. The molecule has 2 aliphatic heterocycles. The number of hydrogen-bond donors (Lipinski definition) is 10. The lowest BCUT2D eigenvalue weighted by atomic mass is 9.95. The number of carboxylic acids is 2. The van der Waals surface area contributed by atoms with E-state index in [-0.39, 0.29) is 59.9 Å². The van der Waals surface area contributed by atoms with Crippen LogP contribution in [0.15, 0.2) is 84.9 Å². The molecule has 0 unspecified atom stereocenters. The molecule has 2 aliphatic rings. The summed E-state index contributed by atoms with van der Waals surface area (Å²) in [6, 6.07) is 22.1. The molecule has 2 fully saturated rings. The summed E-state index contributed by atoms with van der Waals surface area (Å²) in [5, 5.41) is 100. The summed E-state index contributed by atoms with van der Waals surface area (Å²) in [6.45, 7) is -1.35. The number of aliphatic hydroxyl groups excluding tert-OH is 8. The highest BCUT2D eigenvalue weighted by Gasteiger charge is 2.46. The summed E-state index contributed by atoms with van der Waals surface area (Å²) in [4.78, 5) is 50.0. The van der Waals surface area contributed by atoms with Crippen LogP contribution < -0.4 is 9.47 Å². The first kappa shape index (κ1) is 48.8. The largest absolute Gasteiger partial charge is 0.481 e. The maximum atomic E-state index is 13.5. The van der Waals surface area contributed by atoms with Crippen molar-refractivity contribution in [1.29, 1.82) is 0 Å². The van der Waals surface area contributed by atoms with E-state index in [0.717, 1.165) is 0 Å². The second-order valence-corrected chi connectivity index (χ2v) is 16.0. The number of rotatable bonds is 20. The SMILES string of the molecule is O=C(O)Cc1cccc(-c2cc(C(=O)CCCCCC(=O)c3ccc(O[C@H]4O[C@H](CO)[C@@H](O)[C@H](O)[C@@H]4O)c(-c4cccc(CC(=O)O)c4)c3)ccc2O[C@H]2O[C@H](CO)[C@@H](O)[C@H](O)[C@@H]2O)c1. The number of hydrogen-bond acceptors (Lipinski definition) is 16. The Bertz CT molecular complexity index is 2150. The molecular formula is C47H52O18. The molecule has 0 bridgehead atoms. The molecule has 18 nitrogen and oxygen atoms in total. The highest BCUT2D eigenvalue weighted by molar-refractivity contribution is 5.98. The normalized spacial score (nSPS) is 25.4. The molecule has 10 N–H and O–H groups in total. The van der Waals surface area contributed by atoms with Crippen molar-refractivity contribution >= 4 is 23.5 Å². The second-order valence-electron chi connectivity index (χ2n) is 16.0. The second kappa shape index (κ2) is 22.0. The van der Waals surface area contributed by atoms with E-state index >= 15 is 0 Å². The molecule has 0 spiro atoms. The minimum absolute atomic E-state index is 0.0976. The zero-order chi connectivity index (χ0) is 46.9. The molecule has 18 heteroatoms. The van der Waals surface area contributed by atoms with Crippen molar-refractivity contribution in [2.24, 2.45) is 0 Å². The molecule has 2 saturated heterocycles. The summed E-state index contributed by atoms with van der Waals surface area (Å²) in [7, 11) is 0. The molecule has 348 valence electrons. The van der Waals surface area contributed by atoms with Gasteiger partial charge in [0.2, 0.25) is 12.6 Å². The van der Waals surface area contributed by atoms with E-state index in [0.29, 0.717) is 52.6 Å². The van der Waals surface area contributed by atoms with Gasteiger partial charge < -0.3 is 70.0 Å². The number of aliphatic hydroxyl groups is 8. The Labute approximate surface area is 372 Å². The Hall–Kier alpha value is -5.64. The van der Waals surface area contributed by atoms with Gasteiger partial charge in [-0.15, -0.1) is 0 Å². The lowest BCUT2D eigenvalue weighted by Gasteiger charge is -2.39. The molecule has 0 aromatic heterocycles. The number of ether oxygens (including phenoxy) is 4. The first-order chi connectivity index (χ1) is 31.1. The summed E-state index contributed by atoms with van der Waals surface area (Å²) in [6.07, 6.45) is -14.7. The van der Waals surface area contributed by atoms with Gasteiger partial charge in [0.1, 0.15) is 60.3 Å². The first-order valence-electron chi connectivity index (χ1n) is 21.0. The van der Waals surface area contributed by atoms with Gasteiger partial charge >= 0.3 is 11.9 Å². The maximum absolute atomic E-state index is 13.5. The molecule has 65 heavy (non-hydrogen) atoms. The highest BCUT2D eigenvalue weighted by Crippen LogP contribution is 2.37. The number of Topliss-reactive ketones (excluding diaryl/α,β-unsaturated/α-hetero) is 2. The van der Waals surface area contributed by atoms with Crippen LogP contribution in [0.5, 0.6) is 11.5 Å². The number of carbonyl (C=O) groups excluding carboxylic acids is 2. The van der Waals surface area contributed by atoms with E-state index in [1.54, 1.807) is 60.7 Å². The Morgan fingerprint density at radius 1 is 0.492 bits per heavy atom. The number of carboxylic acid groups (broad SMARTS) is 2. The molecule has 0 radical (unpaired) electrons. The van der Waals surface area contributed by atoms with Gasteiger partial charge in [0, 0.05) is 35.1 Å². The summed E-state index contributed by atoms with van der Waals surface area (Å²) in [5.41, 5.74) is 3.10. The predicted molar refractivity (Wildman–Crippen MR) is 227 cm³/mol. The lowest BCUT2D eigenvalue weighted by molar-refractivity contribution is -0.277. The zero-order valence-electron chi connectivity index (χ0n) is 35.0. The van der Waals surface area contributed by atoms with Crippen molar-refractivity contribution in [2.45, 2.75) is 106 Å². The topological polar surface area (TPSA) is 308 Å². The van der Waals surface area contributed by atoms with Gasteiger partial charge in [-0.3, -0.25) is 19.2 Å². The molecule has 0 aliphatic carbocycles. The first-order valence-corrected chi connectivity index (χ1v) is 21.0. The van der Waals surface area contributed by atoms with Crippen LogP contribution in [0.3, 0.4) is 0 Å². The fourth-order valence-corrected chi connectivity index (χ4v) is 7.73. The number of aliphatic carboxylic acids is 2. The maximum Gasteiger partial charge on any atom is 0.307 e. The van der Waals surface area contributed by atoms with Gasteiger partial charge in [0.25, 0.3) is 0 Å². The molecule has 0 amide bonds. The van der Waals surface area contributed by atoms with Crippen LogP contribution in [0.4, 0.5) is 0 Å². The lowest BCUT2D eigenvalue weighted by Crippen LogP contribution is -2.60. The van der Waals surface area contributed by atoms with Crippen LogP contribution >= 0.6 is 0 Å². The average molecular weight is 905 g/mol. The Kier molecular flexibility index (Phi) is 16.5. The molecule has 6 rings (SSSR count). The predicted octanol–water partition coefficient (Wildman–Crippen LogP) is 1.65. The third-order valence-electron chi connectivity index (χ3n) is 11.3. The van der Waals surface area contributed by atoms with Crippen LogP contribution in [0.1, 0.15) is 63.9 Å². The monoisotopic (exact) mass is 904 g/mol. The zero-order valence-corrected chi connectivity index (χ0v) is 35.0. The smallest absolute Gasteiger partial charge is 0.307 e. The number of ketones is 2. The van der Waals surface area contributed by atoms with E-state index in [2.05, 4.69) is 0 Å². The van der Waals surface area contributed by atoms with Gasteiger partial charge in [-0.25, -0.2) is 0 Å². The van der Waals surface area contributed by atoms with Crippen LogP contribution in [-0.4, -0.2) is 149 Å². The van der Waals surface area contributed by atoms with Crippen LogP contribution in [0.2, 0.25) is 0 Å². The number of carbonyl (C=O) groups is 4. The van der Waals surface area contributed by atoms with Crippen molar-refractivity contribution in [2.75, 3.05) is 13.2 Å². The minimum Gasteiger partial charge on any atom is -0.481 e. The van der Waals surface area contributed by atoms with Gasteiger partial charge in [0.05, 0.1) is 26.1 Å². The van der Waals surface area contributed by atoms with Crippen molar-refractivity contribution in [3.05, 3.63) is 107 Å². The Morgan fingerprint density at radius 3 is 1.26 bits per heavy atom. The van der Waals surface area contributed by atoms with Crippen molar-refractivity contribution in [3.63, 3.8) is 0 Å². The van der Waals surface area contributed by atoms with E-state index in [1.807, 2.05) is 0 Å². The van der Waals surface area contributed by atoms with E-state index in [4.69, 9.17) is 18.9 Å². The van der Waals surface area contributed by atoms with Crippen LogP contribution in [-0.2, 0) is 31.9 Å². The van der Waals surface area contributed by atoms with Gasteiger partial charge in [-0.1, -0.05) is 55.0 Å². The minimum atomic E-state index is -1.71. The van der Waals surface area contributed by atoms with E-state index in [9.17, 15) is 70.2 Å². The molecular weight excluding hydrogens is 852 g/mol. The van der Waals surface area contributed by atoms with Crippen molar-refractivity contribution in [1.82, 2.24) is 0 Å². The third-order valence-corrected chi connectivity index (χ3v) is 11.3. The molecule has 4 aromatic carbocycles. The fourth-order valence-electron chi connectivity index (χ4n) is 7.73. The average Bonchev–Trinajstić information content (AvgIpc) is 3.29. The van der Waals surface area contributed by atoms with Crippen LogP contribution in [0.25, 0.3) is 22.3 Å². The van der Waals surface area contributed by atoms with Crippen LogP contribution in [0, 0.1) is 0 Å². The standard InChI is InChI=1S/C47H52O18/c48-22-36-40(56)42(58)44(60)46(64-36)62-34-14-12-28(20-30(34)26-8-4-6-24(16-26)18-38(52)53)32(50)10-2-1-3-11-33(51)29-13-15-35(63-47-45(61)43(59)41(57)37(23-49)65-47)31(21-29)27-9-5-7-25(17-27)19-39(54)55/h4-9,12-17,20-21,36-37,40-49,56-61H,1-3,10-11,18-19,22-23H2,(H,52,53)(H,54,55)/t36-,37-,40-,41-,42+,43+,44+,45+,46+,47+/m1/s1. The van der Waals surface area contributed by atoms with Crippen molar-refractivity contribution in [3.8, 4) is 33.8 Å². The van der Waals surface area contributed by atoms with E-state index < -0.39 is 86.6 Å². The van der Waals surface area contributed by atoms with Gasteiger partial charge in [0.15, 0.2) is 11.6 Å². The van der Waals surface area contributed by atoms with Gasteiger partial charge in [-0.2, -0.15) is 0 Å². The highest BCUT2D eigenvalue weighted by atomic mass is 16.7. The fraction of sp³-hybridized carbons (Fsp3) is 0.404. The van der Waals surface area contributed by atoms with Crippen molar-refractivity contribution < 1.29 is 89.2 Å². The van der Waals surface area contributed by atoms with E-state index in [1.165, 1.54) is 24.3 Å². The quantitative estimate of drug-likeness (QED) is 0.0445. The Morgan fingerprint density at radius 2 is 0.892 bits per heavy atom. The third kappa shape index (κ3) is 12.0. The molecule has 2 heterocycles. The summed E-state index contributed by atoms with van der Waals surface area (Å²) < 4.78 is 23.0. The number of benzene rings is 4. The molecule has 4 aromatic rings. The molecule has 10 atom stereocenters. The Balaban J connectivity index is 1.14. The van der Waals surface area contributed by atoms with Gasteiger partial charge in [-0.05, 0) is 71.5 Å². The summed E-state index contributed by atoms with van der Waals surface area (Å²) in [5.74, 6) is -2.42. The summed E-state index contributed by atoms with van der Waals surface area (Å²) >= 11 is 0. The number of unbranched alkanes of at least 4 members (excludes halogenated alkanes) is 2.